The fourth-order valence-electron chi connectivity index (χ4n) is 3.01. The third-order valence-electron chi connectivity index (χ3n) is 4.16. The Morgan fingerprint density at radius 2 is 2.17 bits per heavy atom. The van der Waals surface area contributed by atoms with E-state index in [1.54, 1.807) is 4.90 Å². The summed E-state index contributed by atoms with van der Waals surface area (Å²) in [7, 11) is 0. The highest BCUT2D eigenvalue weighted by Gasteiger charge is 2.27. The molecule has 1 aromatic heterocycles. The predicted molar refractivity (Wildman–Crippen MR) is 79.7 cm³/mol. The van der Waals surface area contributed by atoms with Crippen LogP contribution in [0.15, 0.2) is 30.5 Å². The number of piperidine rings is 1. The maximum atomic E-state index is 13.9. The number of halogens is 2. The summed E-state index contributed by atoms with van der Waals surface area (Å²) in [6.45, 7) is 0.908. The van der Waals surface area contributed by atoms with Crippen LogP contribution in [0.2, 0.25) is 0 Å². The second kappa shape index (κ2) is 6.21. The molecule has 1 saturated heterocycles. The number of aromatic amines is 1. The number of aromatic nitrogens is 1. The molecular weight excluding hydrogens is 300 g/mol. The summed E-state index contributed by atoms with van der Waals surface area (Å²) < 4.78 is 27.3. The van der Waals surface area contributed by atoms with Crippen molar-refractivity contribution in [2.45, 2.75) is 18.8 Å². The molecule has 2 heterocycles. The Bertz CT molecular complexity index is 778. The lowest BCUT2D eigenvalue weighted by Gasteiger charge is -2.33. The van der Waals surface area contributed by atoms with Crippen LogP contribution in [0.1, 0.15) is 40.4 Å². The van der Waals surface area contributed by atoms with Gasteiger partial charge in [0.1, 0.15) is 23.4 Å². The zero-order chi connectivity index (χ0) is 16.4. The van der Waals surface area contributed by atoms with E-state index in [0.717, 1.165) is 18.6 Å². The van der Waals surface area contributed by atoms with Crippen LogP contribution in [0.4, 0.5) is 8.78 Å². The Morgan fingerprint density at radius 3 is 2.91 bits per heavy atom. The lowest BCUT2D eigenvalue weighted by Crippen LogP contribution is -2.39. The molecule has 0 saturated carbocycles. The van der Waals surface area contributed by atoms with Crippen molar-refractivity contribution in [3.8, 4) is 6.07 Å². The van der Waals surface area contributed by atoms with Crippen LogP contribution in [-0.2, 0) is 0 Å². The van der Waals surface area contributed by atoms with Crippen LogP contribution in [0.5, 0.6) is 0 Å². The van der Waals surface area contributed by atoms with Crippen molar-refractivity contribution in [3.05, 3.63) is 58.9 Å². The number of rotatable bonds is 2. The Hall–Kier alpha value is -2.68. The molecule has 6 heteroatoms. The molecule has 1 aliphatic rings. The SMILES string of the molecule is N#Cc1cc(C(=O)N2CCC[C@H](c3cc(F)ccc3F)C2)c[nH]1. The van der Waals surface area contributed by atoms with E-state index in [4.69, 9.17) is 5.26 Å². The van der Waals surface area contributed by atoms with Crippen LogP contribution < -0.4 is 0 Å². The average molecular weight is 315 g/mol. The molecule has 0 spiro atoms. The predicted octanol–water partition coefficient (Wildman–Crippen LogP) is 3.18. The monoisotopic (exact) mass is 315 g/mol. The van der Waals surface area contributed by atoms with Gasteiger partial charge in [-0.2, -0.15) is 5.26 Å². The van der Waals surface area contributed by atoms with Crippen molar-refractivity contribution >= 4 is 5.91 Å². The van der Waals surface area contributed by atoms with Crippen molar-refractivity contribution in [2.24, 2.45) is 0 Å². The van der Waals surface area contributed by atoms with Gasteiger partial charge in [-0.3, -0.25) is 4.79 Å². The van der Waals surface area contributed by atoms with Crippen LogP contribution in [-0.4, -0.2) is 28.9 Å². The zero-order valence-corrected chi connectivity index (χ0v) is 12.4. The first kappa shape index (κ1) is 15.2. The first-order valence-corrected chi connectivity index (χ1v) is 7.41. The normalized spacial score (nSPS) is 17.8. The minimum Gasteiger partial charge on any atom is -0.352 e. The van der Waals surface area contributed by atoms with Crippen molar-refractivity contribution in [1.82, 2.24) is 9.88 Å². The summed E-state index contributed by atoms with van der Waals surface area (Å²) in [6, 6.07) is 6.85. The largest absolute Gasteiger partial charge is 0.352 e. The quantitative estimate of drug-likeness (QED) is 0.925. The lowest BCUT2D eigenvalue weighted by atomic mass is 9.90. The van der Waals surface area contributed by atoms with Crippen molar-refractivity contribution in [2.75, 3.05) is 13.1 Å². The first-order valence-electron chi connectivity index (χ1n) is 7.41. The molecule has 1 atom stereocenters. The number of amides is 1. The van der Waals surface area contributed by atoms with E-state index in [9.17, 15) is 13.6 Å². The van der Waals surface area contributed by atoms with Crippen LogP contribution in [0, 0.1) is 23.0 Å². The fourth-order valence-corrected chi connectivity index (χ4v) is 3.01. The maximum absolute atomic E-state index is 13.9. The second-order valence-electron chi connectivity index (χ2n) is 5.67. The van der Waals surface area contributed by atoms with Gasteiger partial charge in [0.15, 0.2) is 0 Å². The molecule has 1 fully saturated rings. The smallest absolute Gasteiger partial charge is 0.255 e. The standard InChI is InChI=1S/C17H15F2N3O/c18-13-3-4-16(19)15(7-13)11-2-1-5-22(10-11)17(23)12-6-14(8-20)21-9-12/h3-4,6-7,9,11,21H,1-2,5,10H2/t11-/m0/s1. The van der Waals surface area contributed by atoms with Gasteiger partial charge in [-0.25, -0.2) is 8.78 Å². The van der Waals surface area contributed by atoms with Crippen LogP contribution >= 0.6 is 0 Å². The third kappa shape index (κ3) is 3.09. The minimum atomic E-state index is -0.478. The highest BCUT2D eigenvalue weighted by molar-refractivity contribution is 5.94. The van der Waals surface area contributed by atoms with E-state index < -0.39 is 11.6 Å². The number of benzene rings is 1. The van der Waals surface area contributed by atoms with Gasteiger partial charge in [0, 0.05) is 25.2 Å². The van der Waals surface area contributed by atoms with Crippen LogP contribution in [0.25, 0.3) is 0 Å². The number of H-pyrrole nitrogens is 1. The van der Waals surface area contributed by atoms with Gasteiger partial charge in [-0.15, -0.1) is 0 Å². The molecule has 0 radical (unpaired) electrons. The summed E-state index contributed by atoms with van der Waals surface area (Å²) in [5.74, 6) is -1.35. The molecule has 0 bridgehead atoms. The van der Waals surface area contributed by atoms with Crippen LogP contribution in [0.3, 0.4) is 0 Å². The molecular formula is C17H15F2N3O. The van der Waals surface area contributed by atoms with E-state index in [-0.39, 0.29) is 11.8 Å². The van der Waals surface area contributed by atoms with E-state index in [1.807, 2.05) is 6.07 Å². The summed E-state index contributed by atoms with van der Waals surface area (Å²) in [5, 5.41) is 8.81. The molecule has 2 aromatic rings. The molecule has 1 N–H and O–H groups in total. The Balaban J connectivity index is 1.79. The minimum absolute atomic E-state index is 0.204. The fraction of sp³-hybridized carbons (Fsp3) is 0.294. The molecule has 0 unspecified atom stereocenters. The van der Waals surface area contributed by atoms with Gasteiger partial charge in [0.05, 0.1) is 5.56 Å². The van der Waals surface area contributed by atoms with Gasteiger partial charge in [0.25, 0.3) is 5.91 Å². The van der Waals surface area contributed by atoms with Crippen molar-refractivity contribution in [3.63, 3.8) is 0 Å². The molecule has 0 aliphatic carbocycles. The molecule has 4 nitrogen and oxygen atoms in total. The average Bonchev–Trinajstić information content (AvgIpc) is 3.05. The molecule has 1 aliphatic heterocycles. The molecule has 1 aromatic carbocycles. The van der Waals surface area contributed by atoms with E-state index >= 15 is 0 Å². The Labute approximate surface area is 132 Å². The zero-order valence-electron chi connectivity index (χ0n) is 12.4. The van der Waals surface area contributed by atoms with Gasteiger partial charge in [-0.05, 0) is 42.7 Å². The first-order chi connectivity index (χ1) is 11.1. The topological polar surface area (TPSA) is 59.9 Å². The summed E-state index contributed by atoms with van der Waals surface area (Å²) in [5.41, 5.74) is 1.04. The van der Waals surface area contributed by atoms with E-state index in [1.165, 1.54) is 18.3 Å². The van der Waals surface area contributed by atoms with Crippen molar-refractivity contribution in [1.29, 1.82) is 5.26 Å². The number of hydrogen-bond acceptors (Lipinski definition) is 2. The van der Waals surface area contributed by atoms with Gasteiger partial charge in [-0.1, -0.05) is 0 Å². The Kier molecular flexibility index (Phi) is 4.11. The van der Waals surface area contributed by atoms with Gasteiger partial charge >= 0.3 is 0 Å². The second-order valence-corrected chi connectivity index (χ2v) is 5.67. The summed E-state index contributed by atoms with van der Waals surface area (Å²) in [4.78, 5) is 16.8. The highest BCUT2D eigenvalue weighted by Crippen LogP contribution is 2.30. The number of nitrogens with one attached hydrogen (secondary N) is 1. The lowest BCUT2D eigenvalue weighted by molar-refractivity contribution is 0.0706. The highest BCUT2D eigenvalue weighted by atomic mass is 19.1. The number of carbonyl (C=O) groups is 1. The molecule has 1 amide bonds. The number of likely N-dealkylation sites (tertiary alicyclic amines) is 1. The summed E-state index contributed by atoms with van der Waals surface area (Å²) in [6.07, 6.45) is 2.93. The number of nitriles is 1. The van der Waals surface area contributed by atoms with Gasteiger partial charge in [0.2, 0.25) is 0 Å². The molecule has 23 heavy (non-hydrogen) atoms. The number of nitrogens with zero attached hydrogens (tertiary/aromatic N) is 2. The maximum Gasteiger partial charge on any atom is 0.255 e. The third-order valence-corrected chi connectivity index (χ3v) is 4.16. The van der Waals surface area contributed by atoms with Crippen molar-refractivity contribution < 1.29 is 13.6 Å². The van der Waals surface area contributed by atoms with Gasteiger partial charge < -0.3 is 9.88 Å². The van der Waals surface area contributed by atoms with E-state index in [2.05, 4.69) is 4.98 Å². The molecule has 118 valence electrons. The van der Waals surface area contributed by atoms with E-state index in [0.29, 0.717) is 36.3 Å². The molecule has 3 rings (SSSR count). The summed E-state index contributed by atoms with van der Waals surface area (Å²) >= 11 is 0. The number of hydrogen-bond donors (Lipinski definition) is 1. The Morgan fingerprint density at radius 1 is 1.35 bits per heavy atom. The number of carbonyl (C=O) groups excluding carboxylic acids is 1.